The van der Waals surface area contributed by atoms with Crippen molar-refractivity contribution < 1.29 is 9.59 Å². The van der Waals surface area contributed by atoms with E-state index in [1.54, 1.807) is 4.90 Å². The van der Waals surface area contributed by atoms with Gasteiger partial charge in [-0.15, -0.1) is 0 Å². The number of likely N-dealkylation sites (tertiary alicyclic amines) is 1. The van der Waals surface area contributed by atoms with E-state index in [4.69, 9.17) is 5.73 Å². The van der Waals surface area contributed by atoms with Crippen LogP contribution in [0.3, 0.4) is 0 Å². The molecule has 0 saturated carbocycles. The molecule has 0 bridgehead atoms. The van der Waals surface area contributed by atoms with E-state index < -0.39 is 0 Å². The van der Waals surface area contributed by atoms with Crippen LogP contribution in [0, 0.1) is 0 Å². The second-order valence-corrected chi connectivity index (χ2v) is 3.88. The Bertz CT molecular complexity index is 243. The highest BCUT2D eigenvalue weighted by molar-refractivity contribution is 5.83. The van der Waals surface area contributed by atoms with Crippen LogP contribution in [-0.4, -0.2) is 42.4 Å². The van der Waals surface area contributed by atoms with Crippen molar-refractivity contribution >= 4 is 11.8 Å². The number of nitrogens with two attached hydrogens (primary N) is 1. The molecule has 1 aliphatic rings. The van der Waals surface area contributed by atoms with E-state index in [0.717, 1.165) is 25.8 Å². The first-order valence-electron chi connectivity index (χ1n) is 5.39. The molecule has 15 heavy (non-hydrogen) atoms. The number of hydrogen-bond acceptors (Lipinski definition) is 3. The topological polar surface area (TPSA) is 75.4 Å². The molecule has 1 atom stereocenters. The summed E-state index contributed by atoms with van der Waals surface area (Å²) in [5.74, 6) is -0.204. The normalized spacial score (nSPS) is 21.2. The minimum absolute atomic E-state index is 0.0275. The van der Waals surface area contributed by atoms with Gasteiger partial charge in [0.15, 0.2) is 0 Å². The molecule has 0 aromatic carbocycles. The van der Waals surface area contributed by atoms with E-state index in [9.17, 15) is 9.59 Å². The Morgan fingerprint density at radius 1 is 1.47 bits per heavy atom. The first-order valence-corrected chi connectivity index (χ1v) is 5.39. The molecule has 0 radical (unpaired) electrons. The van der Waals surface area contributed by atoms with Crippen molar-refractivity contribution in [3.8, 4) is 0 Å². The average molecular weight is 213 g/mol. The molecule has 5 heteroatoms. The summed E-state index contributed by atoms with van der Waals surface area (Å²) in [7, 11) is 0. The van der Waals surface area contributed by atoms with Gasteiger partial charge in [0.1, 0.15) is 0 Å². The van der Waals surface area contributed by atoms with Gasteiger partial charge >= 0.3 is 0 Å². The lowest BCUT2D eigenvalue weighted by Crippen LogP contribution is -2.50. The molecule has 1 rings (SSSR count). The van der Waals surface area contributed by atoms with Crippen LogP contribution in [0.4, 0.5) is 0 Å². The van der Waals surface area contributed by atoms with Gasteiger partial charge in [0.05, 0.1) is 6.54 Å². The van der Waals surface area contributed by atoms with Gasteiger partial charge in [-0.2, -0.15) is 0 Å². The highest BCUT2D eigenvalue weighted by atomic mass is 16.2. The number of piperidine rings is 1. The number of carbonyl (C=O) groups excluding carboxylic acids is 2. The van der Waals surface area contributed by atoms with Crippen molar-refractivity contribution in [2.24, 2.45) is 5.73 Å². The summed E-state index contributed by atoms with van der Waals surface area (Å²) in [6, 6.07) is 0.153. The second-order valence-electron chi connectivity index (χ2n) is 3.88. The lowest BCUT2D eigenvalue weighted by molar-refractivity contribution is -0.135. The molecule has 3 N–H and O–H groups in total. The average Bonchev–Trinajstić information content (AvgIpc) is 2.25. The molecular formula is C10H19N3O2. The van der Waals surface area contributed by atoms with Crippen molar-refractivity contribution in [2.45, 2.75) is 32.2 Å². The summed E-state index contributed by atoms with van der Waals surface area (Å²) in [4.78, 5) is 24.2. The number of nitrogens with one attached hydrogen (secondary N) is 1. The Morgan fingerprint density at radius 3 is 2.80 bits per heavy atom. The minimum atomic E-state index is -0.176. The van der Waals surface area contributed by atoms with Gasteiger partial charge in [0, 0.05) is 26.1 Å². The lowest BCUT2D eigenvalue weighted by atomic mass is 10.0. The Kier molecular flexibility index (Phi) is 4.55. The zero-order chi connectivity index (χ0) is 11.3. The molecule has 1 aliphatic heterocycles. The van der Waals surface area contributed by atoms with E-state index >= 15 is 0 Å². The maximum Gasteiger partial charge on any atom is 0.242 e. The van der Waals surface area contributed by atoms with Gasteiger partial charge < -0.3 is 16.0 Å². The Morgan fingerprint density at radius 2 is 2.20 bits per heavy atom. The maximum absolute atomic E-state index is 11.7. The van der Waals surface area contributed by atoms with Gasteiger partial charge in [0.25, 0.3) is 0 Å². The standard InChI is InChI=1S/C10H19N3O2/c1-8(14)12-7-10(15)13-5-3-2-4-9(13)6-11/h9H,2-7,11H2,1H3,(H,12,14). The van der Waals surface area contributed by atoms with Gasteiger partial charge in [-0.05, 0) is 19.3 Å². The largest absolute Gasteiger partial charge is 0.347 e. The molecule has 0 aromatic heterocycles. The predicted molar refractivity (Wildman–Crippen MR) is 57.1 cm³/mol. The quantitative estimate of drug-likeness (QED) is 0.661. The van der Waals surface area contributed by atoms with Crippen LogP contribution in [0.15, 0.2) is 0 Å². The van der Waals surface area contributed by atoms with Gasteiger partial charge in [-0.1, -0.05) is 0 Å². The number of rotatable bonds is 3. The Labute approximate surface area is 90.0 Å². The summed E-state index contributed by atoms with van der Waals surface area (Å²) in [5, 5.41) is 2.52. The zero-order valence-electron chi connectivity index (χ0n) is 9.16. The third-order valence-corrected chi connectivity index (χ3v) is 2.71. The molecule has 0 aromatic rings. The monoisotopic (exact) mass is 213 g/mol. The molecule has 0 aliphatic carbocycles. The van der Waals surface area contributed by atoms with Gasteiger partial charge in [-0.25, -0.2) is 0 Å². The first-order chi connectivity index (χ1) is 7.15. The van der Waals surface area contributed by atoms with E-state index in [-0.39, 0.29) is 24.4 Å². The summed E-state index contributed by atoms with van der Waals surface area (Å²) < 4.78 is 0. The maximum atomic E-state index is 11.7. The fraction of sp³-hybridized carbons (Fsp3) is 0.800. The van der Waals surface area contributed by atoms with E-state index in [1.165, 1.54) is 6.92 Å². The van der Waals surface area contributed by atoms with Crippen LogP contribution in [0.2, 0.25) is 0 Å². The second kappa shape index (κ2) is 5.70. The zero-order valence-corrected chi connectivity index (χ0v) is 9.16. The minimum Gasteiger partial charge on any atom is -0.347 e. The number of carbonyl (C=O) groups is 2. The van der Waals surface area contributed by atoms with Crippen LogP contribution in [0.1, 0.15) is 26.2 Å². The molecule has 1 unspecified atom stereocenters. The Balaban J connectivity index is 2.44. The molecule has 1 saturated heterocycles. The van der Waals surface area contributed by atoms with Gasteiger partial charge in [-0.3, -0.25) is 9.59 Å². The third-order valence-electron chi connectivity index (χ3n) is 2.71. The summed E-state index contributed by atoms with van der Waals surface area (Å²) in [6.45, 7) is 2.77. The van der Waals surface area contributed by atoms with E-state index in [1.807, 2.05) is 0 Å². The van der Waals surface area contributed by atoms with Crippen LogP contribution >= 0.6 is 0 Å². The van der Waals surface area contributed by atoms with Crippen LogP contribution < -0.4 is 11.1 Å². The fourth-order valence-corrected chi connectivity index (χ4v) is 1.88. The van der Waals surface area contributed by atoms with Crippen molar-refractivity contribution in [3.05, 3.63) is 0 Å². The number of amides is 2. The van der Waals surface area contributed by atoms with Crippen molar-refractivity contribution in [2.75, 3.05) is 19.6 Å². The van der Waals surface area contributed by atoms with Crippen molar-refractivity contribution in [1.82, 2.24) is 10.2 Å². The number of hydrogen-bond donors (Lipinski definition) is 2. The van der Waals surface area contributed by atoms with Crippen molar-refractivity contribution in [1.29, 1.82) is 0 Å². The molecule has 2 amide bonds. The summed E-state index contributed by atoms with van der Waals surface area (Å²) in [6.07, 6.45) is 3.14. The van der Waals surface area contributed by atoms with Crippen LogP contribution in [-0.2, 0) is 9.59 Å². The molecular weight excluding hydrogens is 194 g/mol. The Hall–Kier alpha value is -1.10. The lowest BCUT2D eigenvalue weighted by Gasteiger charge is -2.35. The SMILES string of the molecule is CC(=O)NCC(=O)N1CCCCC1CN. The van der Waals surface area contributed by atoms with E-state index in [2.05, 4.69) is 5.32 Å². The molecule has 1 heterocycles. The smallest absolute Gasteiger partial charge is 0.242 e. The van der Waals surface area contributed by atoms with Crippen LogP contribution in [0.5, 0.6) is 0 Å². The fourth-order valence-electron chi connectivity index (χ4n) is 1.88. The van der Waals surface area contributed by atoms with Crippen LogP contribution in [0.25, 0.3) is 0 Å². The molecule has 0 spiro atoms. The highest BCUT2D eigenvalue weighted by Crippen LogP contribution is 2.15. The molecule has 1 fully saturated rings. The van der Waals surface area contributed by atoms with E-state index in [0.29, 0.717) is 6.54 Å². The first kappa shape index (κ1) is 12.0. The molecule has 86 valence electrons. The highest BCUT2D eigenvalue weighted by Gasteiger charge is 2.25. The number of nitrogens with zero attached hydrogens (tertiary/aromatic N) is 1. The summed E-state index contributed by atoms with van der Waals surface area (Å²) >= 11 is 0. The van der Waals surface area contributed by atoms with Gasteiger partial charge in [0.2, 0.25) is 11.8 Å². The molecule has 5 nitrogen and oxygen atoms in total. The third kappa shape index (κ3) is 3.51. The van der Waals surface area contributed by atoms with Crippen molar-refractivity contribution in [3.63, 3.8) is 0 Å². The predicted octanol–water partition coefficient (Wildman–Crippen LogP) is -0.538. The summed E-state index contributed by atoms with van der Waals surface area (Å²) in [5.41, 5.74) is 5.61.